The van der Waals surface area contributed by atoms with Gasteiger partial charge in [-0.1, -0.05) is 61.0 Å². The average Bonchev–Trinajstić information content (AvgIpc) is 3.38. The molecule has 1 unspecified atom stereocenters. The van der Waals surface area contributed by atoms with Gasteiger partial charge in [0, 0.05) is 16.5 Å². The van der Waals surface area contributed by atoms with Crippen LogP contribution in [0.2, 0.25) is 5.02 Å². The van der Waals surface area contributed by atoms with Gasteiger partial charge in [-0.05, 0) is 36.8 Å². The van der Waals surface area contributed by atoms with Crippen molar-refractivity contribution in [3.8, 4) is 27.6 Å². The molecule has 6 nitrogen and oxygen atoms in total. The summed E-state index contributed by atoms with van der Waals surface area (Å²) >= 11 is 7.73. The predicted octanol–water partition coefficient (Wildman–Crippen LogP) is 6.27. The molecule has 2 heterocycles. The lowest BCUT2D eigenvalue weighted by Crippen LogP contribution is -2.48. The zero-order chi connectivity index (χ0) is 24.4. The lowest BCUT2D eigenvalue weighted by molar-refractivity contribution is -0.128. The van der Waals surface area contributed by atoms with E-state index in [9.17, 15) is 9.59 Å². The van der Waals surface area contributed by atoms with Crippen molar-refractivity contribution in [3.05, 3.63) is 83.2 Å². The van der Waals surface area contributed by atoms with E-state index in [4.69, 9.17) is 21.3 Å². The summed E-state index contributed by atoms with van der Waals surface area (Å²) in [5.41, 5.74) is 3.72. The topological polar surface area (TPSA) is 71.5 Å². The van der Waals surface area contributed by atoms with E-state index < -0.39 is 6.10 Å². The number of halogens is 1. The average molecular weight is 504 g/mol. The highest BCUT2D eigenvalue weighted by Crippen LogP contribution is 2.39. The van der Waals surface area contributed by atoms with Crippen LogP contribution < -0.4 is 15.0 Å². The maximum absolute atomic E-state index is 13.2. The lowest BCUT2D eigenvalue weighted by atomic mass is 10.1. The molecule has 0 bridgehead atoms. The number of nitrogens with one attached hydrogen (secondary N) is 1. The van der Waals surface area contributed by atoms with E-state index in [0.29, 0.717) is 28.6 Å². The van der Waals surface area contributed by atoms with E-state index in [2.05, 4.69) is 5.32 Å². The highest BCUT2D eigenvalue weighted by Gasteiger charge is 2.35. The number of para-hydroxylation sites is 1. The Balaban J connectivity index is 1.45. The largest absolute Gasteiger partial charge is 0.478 e. The highest BCUT2D eigenvalue weighted by atomic mass is 35.5. The van der Waals surface area contributed by atoms with Gasteiger partial charge in [0.25, 0.3) is 5.91 Å². The Kier molecular flexibility index (Phi) is 6.53. The zero-order valence-corrected chi connectivity index (χ0v) is 20.5. The molecule has 5 rings (SSSR count). The second kappa shape index (κ2) is 9.90. The zero-order valence-electron chi connectivity index (χ0n) is 18.9. The number of amides is 2. The van der Waals surface area contributed by atoms with Crippen molar-refractivity contribution in [2.24, 2.45) is 0 Å². The van der Waals surface area contributed by atoms with Crippen molar-refractivity contribution < 1.29 is 14.3 Å². The second-order valence-electron chi connectivity index (χ2n) is 8.05. The fraction of sp³-hybridized carbons (Fsp3) is 0.148. The fourth-order valence-corrected chi connectivity index (χ4v) is 4.94. The SMILES string of the molecule is CCC1Oc2ccc(-c3csc(-c4ccccc4)n3)cc2N(CC(=O)Nc2ccccc2Cl)C1=O. The summed E-state index contributed by atoms with van der Waals surface area (Å²) in [6, 6.07) is 22.6. The monoisotopic (exact) mass is 503 g/mol. The van der Waals surface area contributed by atoms with Gasteiger partial charge in [0.1, 0.15) is 17.3 Å². The summed E-state index contributed by atoms with van der Waals surface area (Å²) in [4.78, 5) is 32.3. The lowest BCUT2D eigenvalue weighted by Gasteiger charge is -2.34. The summed E-state index contributed by atoms with van der Waals surface area (Å²) in [5.74, 6) is -0.0430. The normalized spacial score (nSPS) is 14.9. The molecule has 2 amide bonds. The molecule has 1 aromatic heterocycles. The molecule has 0 aliphatic carbocycles. The Morgan fingerprint density at radius 2 is 1.86 bits per heavy atom. The fourth-order valence-electron chi connectivity index (χ4n) is 3.92. The van der Waals surface area contributed by atoms with Crippen molar-refractivity contribution in [1.29, 1.82) is 0 Å². The molecule has 1 atom stereocenters. The summed E-state index contributed by atoms with van der Waals surface area (Å²) < 4.78 is 5.95. The molecular weight excluding hydrogens is 482 g/mol. The van der Waals surface area contributed by atoms with Gasteiger partial charge >= 0.3 is 0 Å². The predicted molar refractivity (Wildman–Crippen MR) is 140 cm³/mol. The first-order chi connectivity index (χ1) is 17.0. The Bertz CT molecular complexity index is 1390. The van der Waals surface area contributed by atoms with Gasteiger partial charge in [0.2, 0.25) is 5.91 Å². The number of thiazole rings is 1. The van der Waals surface area contributed by atoms with Crippen LogP contribution in [0.25, 0.3) is 21.8 Å². The third-order valence-electron chi connectivity index (χ3n) is 5.70. The molecule has 1 N–H and O–H groups in total. The van der Waals surface area contributed by atoms with Gasteiger partial charge in [-0.2, -0.15) is 0 Å². The number of benzene rings is 3. The van der Waals surface area contributed by atoms with Gasteiger partial charge < -0.3 is 10.1 Å². The molecule has 0 saturated carbocycles. The van der Waals surface area contributed by atoms with E-state index >= 15 is 0 Å². The van der Waals surface area contributed by atoms with Crippen molar-refractivity contribution in [2.45, 2.75) is 19.4 Å². The van der Waals surface area contributed by atoms with Crippen molar-refractivity contribution in [2.75, 3.05) is 16.8 Å². The van der Waals surface area contributed by atoms with Gasteiger partial charge in [0.05, 0.1) is 22.1 Å². The molecule has 0 spiro atoms. The molecule has 1 aliphatic rings. The van der Waals surface area contributed by atoms with E-state index in [1.807, 2.05) is 60.8 Å². The Morgan fingerprint density at radius 1 is 1.09 bits per heavy atom. The number of ether oxygens (including phenoxy) is 1. The minimum absolute atomic E-state index is 0.160. The number of hydrogen-bond acceptors (Lipinski definition) is 5. The molecule has 4 aromatic rings. The van der Waals surface area contributed by atoms with Gasteiger partial charge in [-0.3, -0.25) is 14.5 Å². The number of hydrogen-bond donors (Lipinski definition) is 1. The van der Waals surface area contributed by atoms with Gasteiger partial charge in [-0.15, -0.1) is 11.3 Å². The molecular formula is C27H22ClN3O3S. The van der Waals surface area contributed by atoms with Crippen LogP contribution in [0.15, 0.2) is 78.2 Å². The number of carbonyl (C=O) groups is 2. The van der Waals surface area contributed by atoms with E-state index in [1.54, 1.807) is 35.6 Å². The minimum Gasteiger partial charge on any atom is -0.478 e. The van der Waals surface area contributed by atoms with E-state index in [1.165, 1.54) is 4.90 Å². The molecule has 35 heavy (non-hydrogen) atoms. The van der Waals surface area contributed by atoms with Gasteiger partial charge in [0.15, 0.2) is 6.10 Å². The first-order valence-corrected chi connectivity index (χ1v) is 12.5. The van der Waals surface area contributed by atoms with Crippen LogP contribution in [-0.4, -0.2) is 29.4 Å². The van der Waals surface area contributed by atoms with Crippen molar-refractivity contribution >= 4 is 46.1 Å². The molecule has 0 saturated heterocycles. The molecule has 176 valence electrons. The van der Waals surface area contributed by atoms with Crippen LogP contribution in [-0.2, 0) is 9.59 Å². The summed E-state index contributed by atoms with van der Waals surface area (Å²) in [7, 11) is 0. The first kappa shape index (κ1) is 23.1. The van der Waals surface area contributed by atoms with Crippen LogP contribution in [0.5, 0.6) is 5.75 Å². The number of nitrogens with zero attached hydrogens (tertiary/aromatic N) is 2. The summed E-state index contributed by atoms with van der Waals surface area (Å²) in [6.45, 7) is 1.72. The third-order valence-corrected chi connectivity index (χ3v) is 6.92. The number of aromatic nitrogens is 1. The molecule has 3 aromatic carbocycles. The van der Waals surface area contributed by atoms with Crippen LogP contribution >= 0.6 is 22.9 Å². The number of fused-ring (bicyclic) bond motifs is 1. The second-order valence-corrected chi connectivity index (χ2v) is 9.32. The summed E-state index contributed by atoms with van der Waals surface area (Å²) in [5, 5.41) is 6.12. The number of anilines is 2. The van der Waals surface area contributed by atoms with Crippen LogP contribution in [0.1, 0.15) is 13.3 Å². The van der Waals surface area contributed by atoms with Crippen LogP contribution in [0, 0.1) is 0 Å². The Morgan fingerprint density at radius 3 is 2.63 bits per heavy atom. The number of carbonyl (C=O) groups excluding carboxylic acids is 2. The maximum atomic E-state index is 13.2. The van der Waals surface area contributed by atoms with Crippen LogP contribution in [0.3, 0.4) is 0 Å². The smallest absolute Gasteiger partial charge is 0.268 e. The Labute approximate surface area is 212 Å². The molecule has 0 radical (unpaired) electrons. The number of rotatable bonds is 6. The highest BCUT2D eigenvalue weighted by molar-refractivity contribution is 7.13. The quantitative estimate of drug-likeness (QED) is 0.336. The standard InChI is InChI=1S/C27H22ClN3O3S/c1-2-23-27(33)31(15-25(32)29-20-11-7-6-10-19(20)28)22-14-18(12-13-24(22)34-23)21-16-35-26(30-21)17-8-4-3-5-9-17/h3-14,16,23H,2,15H2,1H3,(H,29,32). The first-order valence-electron chi connectivity index (χ1n) is 11.2. The third kappa shape index (κ3) is 4.78. The molecule has 8 heteroatoms. The minimum atomic E-state index is -0.648. The van der Waals surface area contributed by atoms with E-state index in [0.717, 1.165) is 21.8 Å². The van der Waals surface area contributed by atoms with Gasteiger partial charge in [-0.25, -0.2) is 4.98 Å². The molecule has 0 fully saturated rings. The Hall–Kier alpha value is -3.68. The van der Waals surface area contributed by atoms with E-state index in [-0.39, 0.29) is 18.4 Å². The molecule has 1 aliphatic heterocycles. The van der Waals surface area contributed by atoms with Crippen molar-refractivity contribution in [3.63, 3.8) is 0 Å². The summed E-state index contributed by atoms with van der Waals surface area (Å²) in [6.07, 6.45) is -0.153. The van der Waals surface area contributed by atoms with Crippen LogP contribution in [0.4, 0.5) is 11.4 Å². The maximum Gasteiger partial charge on any atom is 0.268 e. The van der Waals surface area contributed by atoms with Crippen molar-refractivity contribution in [1.82, 2.24) is 4.98 Å².